The molecule has 3 unspecified atom stereocenters. The lowest BCUT2D eigenvalue weighted by molar-refractivity contribution is -0.140. The summed E-state index contributed by atoms with van der Waals surface area (Å²) in [6.07, 6.45) is 2.47. The van der Waals surface area contributed by atoms with Gasteiger partial charge in [0.1, 0.15) is 12.1 Å². The topological polar surface area (TPSA) is 217 Å². The van der Waals surface area contributed by atoms with E-state index in [4.69, 9.17) is 22.4 Å². The molecule has 0 radical (unpaired) electrons. The predicted molar refractivity (Wildman–Crippen MR) is 214 cm³/mol. The van der Waals surface area contributed by atoms with Crippen molar-refractivity contribution in [2.75, 3.05) is 13.1 Å². The predicted octanol–water partition coefficient (Wildman–Crippen LogP) is 4.96. The van der Waals surface area contributed by atoms with Crippen molar-refractivity contribution in [3.63, 3.8) is 0 Å². The first-order valence-corrected chi connectivity index (χ1v) is 20.2. The molecule has 14 nitrogen and oxygen atoms in total. The Morgan fingerprint density at radius 1 is 0.852 bits per heavy atom. The summed E-state index contributed by atoms with van der Waals surface area (Å²) in [6, 6.07) is 0.568. The summed E-state index contributed by atoms with van der Waals surface area (Å²) in [5.41, 5.74) is 3.78. The minimum absolute atomic E-state index is 0.0801. The van der Waals surface area contributed by atoms with Gasteiger partial charge in [-0.1, -0.05) is 69.7 Å². The highest BCUT2D eigenvalue weighted by Crippen LogP contribution is 2.29. The number of hydrogen-bond donors (Lipinski definition) is 6. The Bertz CT molecular complexity index is 1880. The number of urea groups is 1. The van der Waals surface area contributed by atoms with Crippen molar-refractivity contribution in [3.8, 4) is 0 Å². The maximum Gasteiger partial charge on any atom is 0.324 e. The molecule has 338 valence electrons. The molecule has 3 rings (SSSR count). The number of nitrogens with two attached hydrogens (primary N) is 1. The zero-order chi connectivity index (χ0) is 46.2. The molecule has 61 heavy (non-hydrogen) atoms. The number of carbonyl (C=O) groups is 7. The van der Waals surface area contributed by atoms with Gasteiger partial charge in [-0.2, -0.15) is 0 Å². The first-order chi connectivity index (χ1) is 28.5. The van der Waals surface area contributed by atoms with Gasteiger partial charge in [-0.3, -0.25) is 33.7 Å². The van der Waals surface area contributed by atoms with Gasteiger partial charge in [-0.25, -0.2) is 26.7 Å². The number of hydrogen-bond acceptors (Lipinski definition) is 8. The van der Waals surface area contributed by atoms with Crippen molar-refractivity contribution in [3.05, 3.63) is 69.5 Å². The molecular weight excluding hydrogens is 835 g/mol. The number of unbranched alkanes of at least 4 members (excludes halogenated alkanes) is 1. The number of imide groups is 1. The normalized spacial score (nSPS) is 14.3. The third kappa shape index (κ3) is 16.3. The molecule has 2 aromatic rings. The largest absolute Gasteiger partial charge is 0.391 e. The molecule has 1 saturated carbocycles. The second-order valence-electron chi connectivity index (χ2n) is 15.5. The molecule has 0 bridgehead atoms. The lowest BCUT2D eigenvalue weighted by atomic mass is 9.83. The molecular formula is C41H54ClF5N6O8. The molecule has 20 heteroatoms. The van der Waals surface area contributed by atoms with E-state index in [2.05, 4.69) is 21.3 Å². The zero-order valence-electron chi connectivity index (χ0n) is 34.7. The van der Waals surface area contributed by atoms with E-state index in [0.717, 1.165) is 11.3 Å². The molecule has 2 aromatic carbocycles. The van der Waals surface area contributed by atoms with Crippen LogP contribution >= 0.6 is 11.6 Å². The monoisotopic (exact) mass is 888 g/mol. The van der Waals surface area contributed by atoms with Gasteiger partial charge in [-0.05, 0) is 70.1 Å². The molecule has 1 aliphatic rings. The minimum atomic E-state index is -2.40. The smallest absolute Gasteiger partial charge is 0.324 e. The number of halogens is 6. The molecule has 3 atom stereocenters. The van der Waals surface area contributed by atoms with Crippen LogP contribution in [0.1, 0.15) is 110 Å². The van der Waals surface area contributed by atoms with Gasteiger partial charge < -0.3 is 32.1 Å². The Kier molecular flexibility index (Phi) is 20.7. The fourth-order valence-electron chi connectivity index (χ4n) is 6.24. The zero-order valence-corrected chi connectivity index (χ0v) is 35.5. The summed E-state index contributed by atoms with van der Waals surface area (Å²) in [4.78, 5) is 92.5. The van der Waals surface area contributed by atoms with Gasteiger partial charge in [0.2, 0.25) is 29.3 Å². The number of rotatable bonds is 18. The Morgan fingerprint density at radius 2 is 1.43 bits per heavy atom. The van der Waals surface area contributed by atoms with Gasteiger partial charge in [0, 0.05) is 17.1 Å². The van der Waals surface area contributed by atoms with E-state index in [0.29, 0.717) is 32.1 Å². The molecule has 1 aliphatic carbocycles. The molecule has 0 aliphatic heterocycles. The van der Waals surface area contributed by atoms with E-state index in [1.165, 1.54) is 24.3 Å². The first-order valence-electron chi connectivity index (χ1n) is 19.8. The van der Waals surface area contributed by atoms with E-state index >= 15 is 0 Å². The third-order valence-corrected chi connectivity index (χ3v) is 9.42. The standard InChI is InChI=1S/C37H44ClF5N6O7.C4H10O/c1-3-5-15-49(36(55)32(19-11-7-6-8-12-19)47-24(50)17-22-26(39)28(41)30(43)29(42)27(22)40)37(56)46-23(10-4-2)33(52)35(54)45-18-25(51)48-31(34(44)53)20-13-9-14-21(38)16-20;1-4(2,3)5/h9,13-14,16,19,23,31-32H,3-8,10-12,15,17-18H2,1-2H3,(H2,44,53)(H,45,54)(H,46,56)(H,47,50)(H,48,51);5H,1-3H3. The molecule has 0 heterocycles. The van der Waals surface area contributed by atoms with Crippen LogP contribution < -0.4 is 27.0 Å². The van der Waals surface area contributed by atoms with Crippen LogP contribution in [0.5, 0.6) is 0 Å². The van der Waals surface area contributed by atoms with Crippen LogP contribution in [0.2, 0.25) is 5.02 Å². The van der Waals surface area contributed by atoms with Gasteiger partial charge in [0.25, 0.3) is 11.8 Å². The Hall–Kier alpha value is -5.17. The number of primary amides is 1. The number of amides is 7. The third-order valence-electron chi connectivity index (χ3n) is 9.18. The summed E-state index contributed by atoms with van der Waals surface area (Å²) in [5.74, 6) is -18.3. The van der Waals surface area contributed by atoms with E-state index in [-0.39, 0.29) is 36.4 Å². The lowest BCUT2D eigenvalue weighted by Gasteiger charge is -2.34. The first kappa shape index (κ1) is 52.0. The summed E-state index contributed by atoms with van der Waals surface area (Å²) in [6.45, 7) is 7.65. The molecule has 7 amide bonds. The molecule has 0 spiro atoms. The fraction of sp³-hybridized carbons (Fsp3) is 0.537. The fourth-order valence-corrected chi connectivity index (χ4v) is 6.44. The van der Waals surface area contributed by atoms with Crippen molar-refractivity contribution in [2.45, 2.75) is 123 Å². The second kappa shape index (κ2) is 24.3. The number of nitrogens with one attached hydrogen (secondary N) is 4. The maximum absolute atomic E-state index is 14.4. The highest BCUT2D eigenvalue weighted by atomic mass is 35.5. The highest BCUT2D eigenvalue weighted by Gasteiger charge is 2.38. The lowest BCUT2D eigenvalue weighted by Crippen LogP contribution is -2.59. The van der Waals surface area contributed by atoms with Crippen LogP contribution in [0.15, 0.2) is 24.3 Å². The van der Waals surface area contributed by atoms with Gasteiger partial charge in [0.15, 0.2) is 23.3 Å². The number of benzene rings is 2. The number of Topliss-reactive ketones (excluding diaryl/α,β-unsaturated/α-hetero) is 1. The Labute approximate surface area is 355 Å². The number of ketones is 1. The van der Waals surface area contributed by atoms with Crippen LogP contribution in [0, 0.1) is 35.0 Å². The van der Waals surface area contributed by atoms with Crippen LogP contribution in [0.25, 0.3) is 0 Å². The van der Waals surface area contributed by atoms with E-state index in [1.54, 1.807) is 34.6 Å². The van der Waals surface area contributed by atoms with Gasteiger partial charge >= 0.3 is 6.03 Å². The summed E-state index contributed by atoms with van der Waals surface area (Å²) in [5, 5.41) is 18.0. The maximum atomic E-state index is 14.4. The molecule has 7 N–H and O–H groups in total. The van der Waals surface area contributed by atoms with Gasteiger partial charge in [-0.15, -0.1) is 0 Å². The number of aliphatic hydroxyl groups is 1. The number of carbonyl (C=O) groups excluding carboxylic acids is 7. The van der Waals surface area contributed by atoms with Crippen molar-refractivity contribution >= 4 is 53.0 Å². The van der Waals surface area contributed by atoms with Crippen LogP contribution in [-0.2, 0) is 35.2 Å². The minimum Gasteiger partial charge on any atom is -0.391 e. The summed E-state index contributed by atoms with van der Waals surface area (Å²) in [7, 11) is 0. The summed E-state index contributed by atoms with van der Waals surface area (Å²) >= 11 is 5.96. The second-order valence-corrected chi connectivity index (χ2v) is 15.9. The van der Waals surface area contributed by atoms with Crippen LogP contribution in [0.3, 0.4) is 0 Å². The molecule has 0 saturated heterocycles. The Balaban J connectivity index is 0.00000241. The summed E-state index contributed by atoms with van der Waals surface area (Å²) < 4.78 is 70.1. The highest BCUT2D eigenvalue weighted by molar-refractivity contribution is 6.38. The Morgan fingerprint density at radius 3 is 1.95 bits per heavy atom. The average molecular weight is 889 g/mol. The van der Waals surface area contributed by atoms with E-state index < -0.39 is 119 Å². The average Bonchev–Trinajstić information content (AvgIpc) is 3.20. The number of nitrogens with zero attached hydrogens (tertiary/aromatic N) is 1. The van der Waals surface area contributed by atoms with E-state index in [1.807, 2.05) is 0 Å². The molecule has 0 aromatic heterocycles. The van der Waals surface area contributed by atoms with Crippen molar-refractivity contribution in [1.82, 2.24) is 26.2 Å². The van der Waals surface area contributed by atoms with Crippen LogP contribution in [0.4, 0.5) is 26.7 Å². The van der Waals surface area contributed by atoms with E-state index in [9.17, 15) is 55.5 Å². The van der Waals surface area contributed by atoms with Gasteiger partial charge in [0.05, 0.1) is 24.6 Å². The van der Waals surface area contributed by atoms with Crippen molar-refractivity contribution in [2.24, 2.45) is 11.7 Å². The van der Waals surface area contributed by atoms with Crippen molar-refractivity contribution in [1.29, 1.82) is 0 Å². The SMILES string of the molecule is CC(C)(C)O.CCCCN(C(=O)NC(CCC)C(=O)C(=O)NCC(=O)NC(C(N)=O)c1cccc(Cl)c1)C(=O)C(NC(=O)Cc1c(F)c(F)c(F)c(F)c1F)C1CCCCC1. The van der Waals surface area contributed by atoms with Crippen LogP contribution in [-0.4, -0.2) is 82.1 Å². The van der Waals surface area contributed by atoms with Crippen molar-refractivity contribution < 1.29 is 60.6 Å². The molecule has 1 fully saturated rings. The quantitative estimate of drug-likeness (QED) is 0.0520.